The third-order valence-electron chi connectivity index (χ3n) is 2.63. The molecule has 1 fully saturated rings. The minimum atomic E-state index is -0.388. The van der Waals surface area contributed by atoms with E-state index in [-0.39, 0.29) is 17.4 Å². The van der Waals surface area contributed by atoms with Crippen molar-refractivity contribution in [3.8, 4) is 0 Å². The van der Waals surface area contributed by atoms with Crippen LogP contribution in [-0.2, 0) is 4.79 Å². The van der Waals surface area contributed by atoms with Crippen molar-refractivity contribution in [3.63, 3.8) is 0 Å². The van der Waals surface area contributed by atoms with Gasteiger partial charge < -0.3 is 16.0 Å². The first kappa shape index (κ1) is 11.5. The summed E-state index contributed by atoms with van der Waals surface area (Å²) in [4.78, 5) is 13.8. The van der Waals surface area contributed by atoms with E-state index in [0.717, 1.165) is 26.2 Å². The normalized spacial score (nSPS) is 20.7. The minimum Gasteiger partial charge on any atom is -0.339 e. The van der Waals surface area contributed by atoms with Crippen LogP contribution in [0.15, 0.2) is 0 Å². The Labute approximate surface area is 85.8 Å². The molecule has 1 aliphatic heterocycles. The minimum absolute atomic E-state index is 0.0824. The summed E-state index contributed by atoms with van der Waals surface area (Å²) in [5.41, 5.74) is 5.76. The Morgan fingerprint density at radius 1 is 1.36 bits per heavy atom. The van der Waals surface area contributed by atoms with E-state index in [1.165, 1.54) is 0 Å². The lowest BCUT2D eigenvalue weighted by atomic mass is 9.86. The Hall–Kier alpha value is -0.610. The molecule has 14 heavy (non-hydrogen) atoms. The molecule has 1 aliphatic rings. The van der Waals surface area contributed by atoms with Gasteiger partial charge in [-0.05, 0) is 5.41 Å². The second kappa shape index (κ2) is 4.28. The monoisotopic (exact) mass is 199 g/mol. The molecule has 1 heterocycles. The fourth-order valence-corrected chi connectivity index (χ4v) is 1.45. The second-order valence-corrected chi connectivity index (χ2v) is 4.92. The molecule has 1 amide bonds. The number of nitrogens with one attached hydrogen (secondary N) is 1. The third-order valence-corrected chi connectivity index (χ3v) is 2.63. The number of amides is 1. The summed E-state index contributed by atoms with van der Waals surface area (Å²) >= 11 is 0. The number of hydrogen-bond acceptors (Lipinski definition) is 3. The number of nitrogens with zero attached hydrogens (tertiary/aromatic N) is 1. The Balaban J connectivity index is 2.55. The zero-order chi connectivity index (χ0) is 10.8. The van der Waals surface area contributed by atoms with Gasteiger partial charge >= 0.3 is 0 Å². The molecule has 4 nitrogen and oxygen atoms in total. The fraction of sp³-hybridized carbons (Fsp3) is 0.900. The summed E-state index contributed by atoms with van der Waals surface area (Å²) in [6.45, 7) is 9.31. The molecule has 0 bridgehead atoms. The highest BCUT2D eigenvalue weighted by Crippen LogP contribution is 2.19. The van der Waals surface area contributed by atoms with Gasteiger partial charge in [0.25, 0.3) is 0 Å². The van der Waals surface area contributed by atoms with E-state index in [9.17, 15) is 4.79 Å². The summed E-state index contributed by atoms with van der Waals surface area (Å²) in [6, 6.07) is -0.388. The molecular formula is C10H21N3O. The van der Waals surface area contributed by atoms with Crippen molar-refractivity contribution in [2.45, 2.75) is 26.8 Å². The van der Waals surface area contributed by atoms with Crippen molar-refractivity contribution >= 4 is 5.91 Å². The Morgan fingerprint density at radius 3 is 2.29 bits per heavy atom. The maximum Gasteiger partial charge on any atom is 0.240 e. The first-order valence-electron chi connectivity index (χ1n) is 5.18. The van der Waals surface area contributed by atoms with Crippen molar-refractivity contribution in [1.82, 2.24) is 10.2 Å². The molecule has 0 spiro atoms. The lowest BCUT2D eigenvalue weighted by molar-refractivity contribution is -0.135. The van der Waals surface area contributed by atoms with Gasteiger partial charge in [-0.2, -0.15) is 0 Å². The van der Waals surface area contributed by atoms with Gasteiger partial charge in [0.05, 0.1) is 6.04 Å². The van der Waals surface area contributed by atoms with Crippen LogP contribution in [0.1, 0.15) is 20.8 Å². The molecular weight excluding hydrogens is 178 g/mol. The van der Waals surface area contributed by atoms with E-state index in [0.29, 0.717) is 0 Å². The number of hydrogen-bond donors (Lipinski definition) is 2. The smallest absolute Gasteiger partial charge is 0.240 e. The number of rotatable bonds is 1. The van der Waals surface area contributed by atoms with Crippen LogP contribution in [0.2, 0.25) is 0 Å². The Bertz CT molecular complexity index is 204. The third kappa shape index (κ3) is 2.69. The van der Waals surface area contributed by atoms with Gasteiger partial charge in [0.2, 0.25) is 5.91 Å². The van der Waals surface area contributed by atoms with Crippen molar-refractivity contribution in [2.75, 3.05) is 26.2 Å². The number of carbonyl (C=O) groups excluding carboxylic acids is 1. The van der Waals surface area contributed by atoms with E-state index in [1.807, 2.05) is 25.7 Å². The van der Waals surface area contributed by atoms with Crippen LogP contribution in [0, 0.1) is 5.41 Å². The maximum atomic E-state index is 11.9. The molecule has 0 aliphatic carbocycles. The predicted molar refractivity (Wildman–Crippen MR) is 56.9 cm³/mol. The van der Waals surface area contributed by atoms with Crippen molar-refractivity contribution in [1.29, 1.82) is 0 Å². The van der Waals surface area contributed by atoms with Crippen LogP contribution in [0.4, 0.5) is 0 Å². The molecule has 0 aromatic heterocycles. The van der Waals surface area contributed by atoms with E-state index < -0.39 is 0 Å². The highest BCUT2D eigenvalue weighted by molar-refractivity contribution is 5.82. The molecule has 1 atom stereocenters. The maximum absolute atomic E-state index is 11.9. The van der Waals surface area contributed by atoms with Gasteiger partial charge in [0.1, 0.15) is 0 Å². The van der Waals surface area contributed by atoms with Crippen LogP contribution in [0.25, 0.3) is 0 Å². The molecule has 4 heteroatoms. The first-order chi connectivity index (χ1) is 6.43. The van der Waals surface area contributed by atoms with E-state index in [4.69, 9.17) is 5.73 Å². The molecule has 0 radical (unpaired) electrons. The van der Waals surface area contributed by atoms with Crippen LogP contribution in [0.5, 0.6) is 0 Å². The molecule has 1 unspecified atom stereocenters. The highest BCUT2D eigenvalue weighted by Gasteiger charge is 2.31. The SMILES string of the molecule is CC(C)(C)C(N)C(=O)N1CCNCC1. The van der Waals surface area contributed by atoms with Crippen molar-refractivity contribution in [2.24, 2.45) is 11.1 Å². The predicted octanol–water partition coefficient (Wildman–Crippen LogP) is -0.208. The lowest BCUT2D eigenvalue weighted by Gasteiger charge is -2.34. The van der Waals surface area contributed by atoms with Crippen molar-refractivity contribution < 1.29 is 4.79 Å². The molecule has 3 N–H and O–H groups in total. The van der Waals surface area contributed by atoms with Gasteiger partial charge in [-0.1, -0.05) is 20.8 Å². The quantitative estimate of drug-likeness (QED) is 0.614. The highest BCUT2D eigenvalue weighted by atomic mass is 16.2. The van der Waals surface area contributed by atoms with Crippen LogP contribution < -0.4 is 11.1 Å². The lowest BCUT2D eigenvalue weighted by Crippen LogP contribution is -2.55. The number of carbonyl (C=O) groups is 1. The molecule has 0 aromatic carbocycles. The summed E-state index contributed by atoms with van der Waals surface area (Å²) in [7, 11) is 0. The Morgan fingerprint density at radius 2 is 1.86 bits per heavy atom. The first-order valence-corrected chi connectivity index (χ1v) is 5.18. The van der Waals surface area contributed by atoms with Gasteiger partial charge in [0.15, 0.2) is 0 Å². The average molecular weight is 199 g/mol. The van der Waals surface area contributed by atoms with Crippen LogP contribution in [-0.4, -0.2) is 43.0 Å². The Kier molecular flexibility index (Phi) is 3.50. The van der Waals surface area contributed by atoms with Gasteiger partial charge in [-0.25, -0.2) is 0 Å². The molecule has 1 saturated heterocycles. The van der Waals surface area contributed by atoms with E-state index in [1.54, 1.807) is 0 Å². The van der Waals surface area contributed by atoms with Gasteiger partial charge in [-0.15, -0.1) is 0 Å². The average Bonchev–Trinajstić information content (AvgIpc) is 2.15. The standard InChI is InChI=1S/C10H21N3O/c1-10(2,3)8(11)9(14)13-6-4-12-5-7-13/h8,12H,4-7,11H2,1-3H3. The molecule has 82 valence electrons. The summed E-state index contributed by atoms with van der Waals surface area (Å²) < 4.78 is 0. The fourth-order valence-electron chi connectivity index (χ4n) is 1.45. The molecule has 0 saturated carbocycles. The van der Waals surface area contributed by atoms with Crippen molar-refractivity contribution in [3.05, 3.63) is 0 Å². The summed E-state index contributed by atoms with van der Waals surface area (Å²) in [5, 5.41) is 3.21. The zero-order valence-electron chi connectivity index (χ0n) is 9.34. The van der Waals surface area contributed by atoms with E-state index >= 15 is 0 Å². The number of nitrogens with two attached hydrogens (primary N) is 1. The van der Waals surface area contributed by atoms with E-state index in [2.05, 4.69) is 5.32 Å². The van der Waals surface area contributed by atoms with Gasteiger partial charge in [-0.3, -0.25) is 4.79 Å². The van der Waals surface area contributed by atoms with Crippen LogP contribution in [0.3, 0.4) is 0 Å². The molecule has 0 aromatic rings. The largest absolute Gasteiger partial charge is 0.339 e. The summed E-state index contributed by atoms with van der Waals surface area (Å²) in [5.74, 6) is 0.0824. The zero-order valence-corrected chi connectivity index (χ0v) is 9.34. The van der Waals surface area contributed by atoms with Gasteiger partial charge in [0, 0.05) is 26.2 Å². The number of piperazine rings is 1. The molecule has 1 rings (SSSR count). The second-order valence-electron chi connectivity index (χ2n) is 4.92. The topological polar surface area (TPSA) is 58.4 Å². The van der Waals surface area contributed by atoms with Crippen LogP contribution >= 0.6 is 0 Å². The summed E-state index contributed by atoms with van der Waals surface area (Å²) in [6.07, 6.45) is 0.